The van der Waals surface area contributed by atoms with Crippen LogP contribution in [0, 0.1) is 0 Å². The number of aryl methyl sites for hydroxylation is 1. The van der Waals surface area contributed by atoms with Gasteiger partial charge in [0.05, 0.1) is 4.47 Å². The van der Waals surface area contributed by atoms with E-state index in [1.807, 2.05) is 12.1 Å². The van der Waals surface area contributed by atoms with Crippen LogP contribution in [0.15, 0.2) is 22.7 Å². The van der Waals surface area contributed by atoms with E-state index in [1.165, 1.54) is 5.56 Å². The SMILES string of the molecule is Oc1ccc(CCS)cc1Br. The van der Waals surface area contributed by atoms with Gasteiger partial charge in [-0.15, -0.1) is 0 Å². The fourth-order valence-corrected chi connectivity index (χ4v) is 1.52. The van der Waals surface area contributed by atoms with Crippen molar-refractivity contribution in [3.8, 4) is 5.75 Å². The van der Waals surface area contributed by atoms with Crippen molar-refractivity contribution in [3.63, 3.8) is 0 Å². The first kappa shape index (κ1) is 8.94. The van der Waals surface area contributed by atoms with Gasteiger partial charge in [-0.05, 0) is 45.8 Å². The van der Waals surface area contributed by atoms with Crippen molar-refractivity contribution in [2.24, 2.45) is 0 Å². The van der Waals surface area contributed by atoms with Crippen LogP contribution in [0.5, 0.6) is 5.75 Å². The molecule has 0 saturated carbocycles. The summed E-state index contributed by atoms with van der Waals surface area (Å²) >= 11 is 7.36. The Bertz CT molecular complexity index is 250. The van der Waals surface area contributed by atoms with Crippen LogP contribution in [0.25, 0.3) is 0 Å². The van der Waals surface area contributed by atoms with E-state index in [0.717, 1.165) is 16.6 Å². The Morgan fingerprint density at radius 2 is 2.18 bits per heavy atom. The molecule has 0 fully saturated rings. The highest BCUT2D eigenvalue weighted by Crippen LogP contribution is 2.24. The van der Waals surface area contributed by atoms with Crippen molar-refractivity contribution in [3.05, 3.63) is 28.2 Å². The summed E-state index contributed by atoms with van der Waals surface area (Å²) in [5.41, 5.74) is 1.18. The molecule has 0 aromatic heterocycles. The van der Waals surface area contributed by atoms with Crippen molar-refractivity contribution in [1.82, 2.24) is 0 Å². The Morgan fingerprint density at radius 1 is 1.45 bits per heavy atom. The molecule has 0 aliphatic carbocycles. The Hall–Kier alpha value is -0.150. The van der Waals surface area contributed by atoms with Crippen LogP contribution >= 0.6 is 28.6 Å². The second kappa shape index (κ2) is 4.02. The molecule has 0 aliphatic rings. The molecule has 1 aromatic rings. The minimum Gasteiger partial charge on any atom is -0.507 e. The number of benzene rings is 1. The molecule has 1 aromatic carbocycles. The highest BCUT2D eigenvalue weighted by Gasteiger charge is 1.97. The van der Waals surface area contributed by atoms with Gasteiger partial charge in [-0.3, -0.25) is 0 Å². The summed E-state index contributed by atoms with van der Waals surface area (Å²) in [4.78, 5) is 0. The summed E-state index contributed by atoms with van der Waals surface area (Å²) in [7, 11) is 0. The number of thiol groups is 1. The second-order valence-electron chi connectivity index (χ2n) is 2.26. The summed E-state index contributed by atoms with van der Waals surface area (Å²) < 4.78 is 0.747. The molecule has 0 aliphatic heterocycles. The molecule has 1 nitrogen and oxygen atoms in total. The lowest BCUT2D eigenvalue weighted by Crippen LogP contribution is -1.84. The molecular weight excluding hydrogens is 224 g/mol. The van der Waals surface area contributed by atoms with Crippen LogP contribution in [0.2, 0.25) is 0 Å². The fourth-order valence-electron chi connectivity index (χ4n) is 0.835. The number of phenolic OH excluding ortho intramolecular Hbond substituents is 1. The molecule has 0 saturated heterocycles. The van der Waals surface area contributed by atoms with E-state index in [2.05, 4.69) is 28.6 Å². The lowest BCUT2D eigenvalue weighted by Gasteiger charge is -2.00. The van der Waals surface area contributed by atoms with E-state index in [1.54, 1.807) is 6.07 Å². The van der Waals surface area contributed by atoms with Gasteiger partial charge in [0.15, 0.2) is 0 Å². The molecule has 0 unspecified atom stereocenters. The minimum atomic E-state index is 0.285. The van der Waals surface area contributed by atoms with Gasteiger partial charge in [-0.1, -0.05) is 6.07 Å². The van der Waals surface area contributed by atoms with Crippen LogP contribution in [0.4, 0.5) is 0 Å². The number of aromatic hydroxyl groups is 1. The van der Waals surface area contributed by atoms with Crippen molar-refractivity contribution < 1.29 is 5.11 Å². The second-order valence-corrected chi connectivity index (χ2v) is 3.56. The third-order valence-corrected chi connectivity index (χ3v) is 2.27. The van der Waals surface area contributed by atoms with Gasteiger partial charge < -0.3 is 5.11 Å². The van der Waals surface area contributed by atoms with Crippen LogP contribution < -0.4 is 0 Å². The Labute approximate surface area is 80.0 Å². The average molecular weight is 233 g/mol. The van der Waals surface area contributed by atoms with Crippen molar-refractivity contribution in [2.75, 3.05) is 5.75 Å². The molecule has 0 spiro atoms. The van der Waals surface area contributed by atoms with Crippen molar-refractivity contribution in [1.29, 1.82) is 0 Å². The number of rotatable bonds is 2. The van der Waals surface area contributed by atoms with Crippen LogP contribution in [0.1, 0.15) is 5.56 Å². The third-order valence-electron chi connectivity index (χ3n) is 1.41. The molecular formula is C8H9BrOS. The zero-order valence-corrected chi connectivity index (χ0v) is 8.40. The van der Waals surface area contributed by atoms with E-state index in [4.69, 9.17) is 5.11 Å². The van der Waals surface area contributed by atoms with Crippen LogP contribution in [-0.4, -0.2) is 10.9 Å². The van der Waals surface area contributed by atoms with E-state index < -0.39 is 0 Å². The molecule has 0 atom stereocenters. The predicted molar refractivity (Wildman–Crippen MR) is 53.4 cm³/mol. The van der Waals surface area contributed by atoms with Gasteiger partial charge in [0, 0.05) is 0 Å². The van der Waals surface area contributed by atoms with E-state index >= 15 is 0 Å². The average Bonchev–Trinajstić information content (AvgIpc) is 1.98. The van der Waals surface area contributed by atoms with Gasteiger partial charge in [0.1, 0.15) is 5.75 Å². The zero-order valence-electron chi connectivity index (χ0n) is 5.92. The monoisotopic (exact) mass is 232 g/mol. The van der Waals surface area contributed by atoms with Gasteiger partial charge in [0.25, 0.3) is 0 Å². The number of halogens is 1. The first-order valence-electron chi connectivity index (χ1n) is 3.32. The molecule has 0 heterocycles. The topological polar surface area (TPSA) is 20.2 Å². The van der Waals surface area contributed by atoms with E-state index in [9.17, 15) is 0 Å². The number of hydrogen-bond acceptors (Lipinski definition) is 2. The lowest BCUT2D eigenvalue weighted by atomic mass is 10.2. The minimum absolute atomic E-state index is 0.285. The van der Waals surface area contributed by atoms with Gasteiger partial charge in [-0.2, -0.15) is 12.6 Å². The van der Waals surface area contributed by atoms with Crippen molar-refractivity contribution in [2.45, 2.75) is 6.42 Å². The molecule has 0 amide bonds. The summed E-state index contributed by atoms with van der Waals surface area (Å²) in [6, 6.07) is 5.49. The standard InChI is InChI=1S/C8H9BrOS/c9-7-5-6(3-4-11)1-2-8(7)10/h1-2,5,10-11H,3-4H2. The molecule has 11 heavy (non-hydrogen) atoms. The highest BCUT2D eigenvalue weighted by molar-refractivity contribution is 9.10. The molecule has 0 bridgehead atoms. The zero-order chi connectivity index (χ0) is 8.27. The first-order valence-corrected chi connectivity index (χ1v) is 4.75. The first-order chi connectivity index (χ1) is 5.24. The molecule has 0 radical (unpaired) electrons. The lowest BCUT2D eigenvalue weighted by molar-refractivity contribution is 0.471. The fraction of sp³-hybridized carbons (Fsp3) is 0.250. The third kappa shape index (κ3) is 2.42. The van der Waals surface area contributed by atoms with Crippen LogP contribution in [-0.2, 0) is 6.42 Å². The maximum Gasteiger partial charge on any atom is 0.129 e. The number of phenols is 1. The smallest absolute Gasteiger partial charge is 0.129 e. The number of hydrogen-bond donors (Lipinski definition) is 2. The predicted octanol–water partition coefficient (Wildman–Crippen LogP) is 2.63. The van der Waals surface area contributed by atoms with Gasteiger partial charge in [0.2, 0.25) is 0 Å². The van der Waals surface area contributed by atoms with Crippen molar-refractivity contribution >= 4 is 28.6 Å². The summed E-state index contributed by atoms with van der Waals surface area (Å²) in [5.74, 6) is 1.12. The Morgan fingerprint density at radius 3 is 2.73 bits per heavy atom. The summed E-state index contributed by atoms with van der Waals surface area (Å²) in [5, 5.41) is 9.15. The maximum atomic E-state index is 9.15. The van der Waals surface area contributed by atoms with Gasteiger partial charge in [-0.25, -0.2) is 0 Å². The Balaban J connectivity index is 2.86. The molecule has 1 rings (SSSR count). The quantitative estimate of drug-likeness (QED) is 0.752. The van der Waals surface area contributed by atoms with Gasteiger partial charge >= 0.3 is 0 Å². The largest absolute Gasteiger partial charge is 0.507 e. The molecule has 60 valence electrons. The highest BCUT2D eigenvalue weighted by atomic mass is 79.9. The van der Waals surface area contributed by atoms with Crippen LogP contribution in [0.3, 0.4) is 0 Å². The molecule has 1 N–H and O–H groups in total. The normalized spacial score (nSPS) is 10.0. The van der Waals surface area contributed by atoms with E-state index in [0.29, 0.717) is 0 Å². The summed E-state index contributed by atoms with van der Waals surface area (Å²) in [6.45, 7) is 0. The molecule has 3 heteroatoms. The van der Waals surface area contributed by atoms with E-state index in [-0.39, 0.29) is 5.75 Å². The maximum absolute atomic E-state index is 9.15. The summed E-state index contributed by atoms with van der Waals surface area (Å²) in [6.07, 6.45) is 0.933. The Kier molecular flexibility index (Phi) is 3.27.